The number of benzene rings is 5. The second-order valence-corrected chi connectivity index (χ2v) is 14.4. The molecule has 4 nitrogen and oxygen atoms in total. The average Bonchev–Trinajstić information content (AvgIpc) is 3.58. The summed E-state index contributed by atoms with van der Waals surface area (Å²) in [7, 11) is 0. The fourth-order valence-corrected chi connectivity index (χ4v) is 6.51. The molecule has 0 unspecified atom stereocenters. The summed E-state index contributed by atoms with van der Waals surface area (Å²) in [5.74, 6) is 0.686. The second kappa shape index (κ2) is 10.1. The summed E-state index contributed by atoms with van der Waals surface area (Å²) in [6.45, 7) is 13.7. The van der Waals surface area contributed by atoms with Gasteiger partial charge in [0.2, 0.25) is 0 Å². The minimum Gasteiger partial charge on any atom is -0.452 e. The van der Waals surface area contributed by atoms with Crippen molar-refractivity contribution in [2.45, 2.75) is 52.4 Å². The minimum atomic E-state index is 0.0491. The lowest BCUT2D eigenvalue weighted by molar-refractivity contribution is 0.590. The van der Waals surface area contributed by atoms with Gasteiger partial charge in [0, 0.05) is 39.0 Å². The maximum atomic E-state index is 6.68. The Labute approximate surface area is 269 Å². The lowest BCUT2D eigenvalue weighted by Gasteiger charge is -2.19. The predicted molar refractivity (Wildman–Crippen MR) is 192 cm³/mol. The summed E-state index contributed by atoms with van der Waals surface area (Å²) < 4.78 is 9.05. The highest BCUT2D eigenvalue weighted by atomic mass is 16.3. The van der Waals surface area contributed by atoms with E-state index in [1.807, 2.05) is 36.4 Å². The summed E-state index contributed by atoms with van der Waals surface area (Å²) >= 11 is 0. The largest absolute Gasteiger partial charge is 0.452 e. The molecule has 0 spiro atoms. The molecule has 46 heavy (non-hydrogen) atoms. The molecule has 0 aliphatic rings. The molecule has 3 heterocycles. The van der Waals surface area contributed by atoms with Crippen LogP contribution in [0.5, 0.6) is 0 Å². The number of hydrogen-bond donors (Lipinski definition) is 0. The molecule has 8 rings (SSSR count). The van der Waals surface area contributed by atoms with Gasteiger partial charge in [-0.2, -0.15) is 0 Å². The standard InChI is InChI=1S/C42H37N3O/c1-41(2,3)28-17-21-34-32(23-28)33-24-29(42(4,5)6)18-22-35(33)45(34)30-19-20-31-36(25-30)46-39-37(26-13-9-7-10-14-26)43-40(44-38(31)39)27-15-11-8-12-16-27/h7-25H,1-6H3. The molecule has 8 aromatic rings. The van der Waals surface area contributed by atoms with Crippen LogP contribution in [0.4, 0.5) is 0 Å². The maximum Gasteiger partial charge on any atom is 0.180 e. The van der Waals surface area contributed by atoms with Crippen LogP contribution in [-0.4, -0.2) is 14.5 Å². The van der Waals surface area contributed by atoms with Gasteiger partial charge in [0.25, 0.3) is 0 Å². The summed E-state index contributed by atoms with van der Waals surface area (Å²) in [4.78, 5) is 10.1. The fourth-order valence-electron chi connectivity index (χ4n) is 6.51. The highest BCUT2D eigenvalue weighted by Crippen LogP contribution is 2.40. The zero-order valence-electron chi connectivity index (χ0n) is 27.2. The van der Waals surface area contributed by atoms with Gasteiger partial charge in [-0.15, -0.1) is 0 Å². The van der Waals surface area contributed by atoms with Crippen molar-refractivity contribution < 1.29 is 4.42 Å². The molecule has 0 aliphatic heterocycles. The van der Waals surface area contributed by atoms with Crippen LogP contribution in [0, 0.1) is 0 Å². The first kappa shape index (κ1) is 28.3. The number of hydrogen-bond acceptors (Lipinski definition) is 3. The smallest absolute Gasteiger partial charge is 0.180 e. The first-order chi connectivity index (χ1) is 22.1. The molecule has 0 radical (unpaired) electrons. The highest BCUT2D eigenvalue weighted by molar-refractivity contribution is 6.11. The van der Waals surface area contributed by atoms with Gasteiger partial charge in [-0.1, -0.05) is 114 Å². The zero-order valence-corrected chi connectivity index (χ0v) is 27.2. The van der Waals surface area contributed by atoms with Gasteiger partial charge >= 0.3 is 0 Å². The van der Waals surface area contributed by atoms with Gasteiger partial charge in [-0.3, -0.25) is 0 Å². The van der Waals surface area contributed by atoms with Crippen molar-refractivity contribution in [3.8, 4) is 28.3 Å². The Morgan fingerprint density at radius 1 is 0.543 bits per heavy atom. The van der Waals surface area contributed by atoms with Gasteiger partial charge < -0.3 is 8.98 Å². The van der Waals surface area contributed by atoms with Gasteiger partial charge in [0.1, 0.15) is 16.8 Å². The quantitative estimate of drug-likeness (QED) is 0.203. The van der Waals surface area contributed by atoms with Crippen molar-refractivity contribution in [3.63, 3.8) is 0 Å². The molecule has 0 aliphatic carbocycles. The van der Waals surface area contributed by atoms with Crippen LogP contribution < -0.4 is 0 Å². The van der Waals surface area contributed by atoms with Crippen molar-refractivity contribution in [1.82, 2.24) is 14.5 Å². The summed E-state index contributed by atoms with van der Waals surface area (Å²) in [6.07, 6.45) is 0. The minimum absolute atomic E-state index is 0.0491. The van der Waals surface area contributed by atoms with Gasteiger partial charge in [0.05, 0.1) is 11.0 Å². The van der Waals surface area contributed by atoms with Crippen LogP contribution >= 0.6 is 0 Å². The normalized spacial score (nSPS) is 12.6. The van der Waals surface area contributed by atoms with E-state index in [0.29, 0.717) is 11.4 Å². The lowest BCUT2D eigenvalue weighted by Crippen LogP contribution is -2.10. The van der Waals surface area contributed by atoms with Crippen molar-refractivity contribution in [1.29, 1.82) is 0 Å². The molecule has 0 fully saturated rings. The molecule has 0 N–H and O–H groups in total. The van der Waals surface area contributed by atoms with Crippen molar-refractivity contribution in [2.75, 3.05) is 0 Å². The average molecular weight is 600 g/mol. The first-order valence-electron chi connectivity index (χ1n) is 16.0. The van der Waals surface area contributed by atoms with Gasteiger partial charge in [0.15, 0.2) is 11.4 Å². The Morgan fingerprint density at radius 2 is 1.11 bits per heavy atom. The van der Waals surface area contributed by atoms with Crippen molar-refractivity contribution in [2.24, 2.45) is 0 Å². The van der Waals surface area contributed by atoms with E-state index < -0.39 is 0 Å². The fraction of sp³-hybridized carbons (Fsp3) is 0.190. The molecule has 0 bridgehead atoms. The van der Waals surface area contributed by atoms with Crippen molar-refractivity contribution >= 4 is 43.9 Å². The van der Waals surface area contributed by atoms with Gasteiger partial charge in [-0.25, -0.2) is 9.97 Å². The third kappa shape index (κ3) is 4.59. The van der Waals surface area contributed by atoms with E-state index in [9.17, 15) is 0 Å². The second-order valence-electron chi connectivity index (χ2n) is 14.4. The van der Waals surface area contributed by atoms with E-state index in [-0.39, 0.29) is 10.8 Å². The summed E-state index contributed by atoms with van der Waals surface area (Å²) in [6, 6.07) is 40.7. The van der Waals surface area contributed by atoms with E-state index in [1.165, 1.54) is 32.9 Å². The van der Waals surface area contributed by atoms with Crippen molar-refractivity contribution in [3.05, 3.63) is 126 Å². The maximum absolute atomic E-state index is 6.68. The molecule has 4 heteroatoms. The van der Waals surface area contributed by atoms with E-state index >= 15 is 0 Å². The highest BCUT2D eigenvalue weighted by Gasteiger charge is 2.22. The molecule has 0 saturated heterocycles. The summed E-state index contributed by atoms with van der Waals surface area (Å²) in [5.41, 5.74) is 11.2. The van der Waals surface area contributed by atoms with Crippen LogP contribution in [0.25, 0.3) is 72.2 Å². The molecule has 226 valence electrons. The molecule has 3 aromatic heterocycles. The molecular formula is C42H37N3O. The monoisotopic (exact) mass is 599 g/mol. The Balaban J connectivity index is 1.39. The predicted octanol–water partition coefficient (Wildman–Crippen LogP) is 11.4. The Hall–Kier alpha value is -5.22. The van der Waals surface area contributed by atoms with Crippen LogP contribution in [-0.2, 0) is 10.8 Å². The molecule has 5 aromatic carbocycles. The first-order valence-corrected chi connectivity index (χ1v) is 16.0. The lowest BCUT2D eigenvalue weighted by atomic mass is 9.85. The Morgan fingerprint density at radius 3 is 1.67 bits per heavy atom. The third-order valence-electron chi connectivity index (χ3n) is 9.13. The van der Waals surface area contributed by atoms with Crippen LogP contribution in [0.15, 0.2) is 120 Å². The Kier molecular flexibility index (Phi) is 6.24. The zero-order chi connectivity index (χ0) is 31.8. The number of aromatic nitrogens is 3. The van der Waals surface area contributed by atoms with Crippen LogP contribution in [0.2, 0.25) is 0 Å². The summed E-state index contributed by atoms with van der Waals surface area (Å²) in [5, 5.41) is 3.51. The molecule has 0 saturated carbocycles. The molecular weight excluding hydrogens is 562 g/mol. The van der Waals surface area contributed by atoms with E-state index in [1.54, 1.807) is 0 Å². The van der Waals surface area contributed by atoms with Gasteiger partial charge in [-0.05, 0) is 58.4 Å². The topological polar surface area (TPSA) is 43.9 Å². The SMILES string of the molecule is CC(C)(C)c1ccc2c(c1)c1cc(C(C)(C)C)ccc1n2-c1ccc2c(c1)oc1c(-c3ccccc3)nc(-c3ccccc3)nc12. The number of rotatable bonds is 3. The van der Waals surface area contributed by atoms with Crippen LogP contribution in [0.3, 0.4) is 0 Å². The number of furan rings is 1. The van der Waals surface area contributed by atoms with E-state index in [2.05, 4.69) is 125 Å². The Bertz CT molecular complexity index is 2350. The molecule has 0 atom stereocenters. The molecule has 0 amide bonds. The van der Waals surface area contributed by atoms with E-state index in [0.717, 1.165) is 39.0 Å². The van der Waals surface area contributed by atoms with Crippen LogP contribution in [0.1, 0.15) is 52.7 Å². The van der Waals surface area contributed by atoms with E-state index in [4.69, 9.17) is 14.4 Å². The third-order valence-corrected chi connectivity index (χ3v) is 9.13. The number of nitrogens with zero attached hydrogens (tertiary/aromatic N) is 3. The number of fused-ring (bicyclic) bond motifs is 6.